The van der Waals surface area contributed by atoms with Crippen LogP contribution in [0.1, 0.15) is 0 Å². The van der Waals surface area contributed by atoms with Crippen LogP contribution in [-0.2, 0) is 28.4 Å². The van der Waals surface area contributed by atoms with E-state index in [1.165, 1.54) is 0 Å². The van der Waals surface area contributed by atoms with E-state index in [1.54, 1.807) is 0 Å². The Bertz CT molecular complexity index is 91.6. The Morgan fingerprint density at radius 3 is 0.389 bits per heavy atom. The summed E-state index contributed by atoms with van der Waals surface area (Å²) in [5.74, 6) is 0. The van der Waals surface area contributed by atoms with E-state index in [-0.39, 0.29) is 0 Å². The van der Waals surface area contributed by atoms with E-state index in [0.29, 0.717) is 0 Å². The minimum absolute atomic E-state index is 0.778. The van der Waals surface area contributed by atoms with Gasteiger partial charge in [-0.2, -0.15) is 0 Å². The van der Waals surface area contributed by atoms with Crippen LogP contribution < -0.4 is 0 Å². The Morgan fingerprint density at radius 1 is 0.222 bits per heavy atom. The van der Waals surface area contributed by atoms with Gasteiger partial charge in [-0.25, -0.2) is 0 Å². The molecule has 0 atom stereocenters. The van der Waals surface area contributed by atoms with Crippen molar-refractivity contribution in [2.75, 3.05) is 79.3 Å². The lowest BCUT2D eigenvalue weighted by atomic mass is 10.6. The van der Waals surface area contributed by atoms with Crippen LogP contribution in [0.5, 0.6) is 0 Å². The first kappa shape index (κ1) is 15.8. The van der Waals surface area contributed by atoms with Crippen LogP contribution in [0, 0.1) is 0 Å². The predicted molar refractivity (Wildman–Crippen MR) is 64.9 cm³/mol. The van der Waals surface area contributed by atoms with Gasteiger partial charge in [-0.1, -0.05) is 0 Å². The summed E-state index contributed by atoms with van der Waals surface area (Å²) in [6, 6.07) is 0. The fraction of sp³-hybridized carbons (Fsp3) is 1.00. The lowest BCUT2D eigenvalue weighted by molar-refractivity contribution is -0.0334. The Balaban J connectivity index is 0.000000135. The molecule has 0 aromatic rings. The molecule has 0 spiro atoms. The van der Waals surface area contributed by atoms with Crippen LogP contribution >= 0.6 is 0 Å². The fourth-order valence-electron chi connectivity index (χ4n) is 1.32. The standard InChI is InChI=1S/3C4H8O2/c3*1-2-6-4-3-5-1/h3*1-4H2. The highest BCUT2D eigenvalue weighted by Crippen LogP contribution is 1.86. The van der Waals surface area contributed by atoms with Gasteiger partial charge in [0.05, 0.1) is 79.3 Å². The summed E-state index contributed by atoms with van der Waals surface area (Å²) in [5.41, 5.74) is 0. The summed E-state index contributed by atoms with van der Waals surface area (Å²) >= 11 is 0. The summed E-state index contributed by atoms with van der Waals surface area (Å²) in [6.07, 6.45) is 0. The second-order valence-corrected chi connectivity index (χ2v) is 3.67. The van der Waals surface area contributed by atoms with E-state index < -0.39 is 0 Å². The molecule has 6 nitrogen and oxygen atoms in total. The molecule has 0 aromatic carbocycles. The predicted octanol–water partition coefficient (Wildman–Crippen LogP) is 0.0996. The van der Waals surface area contributed by atoms with E-state index in [4.69, 9.17) is 28.4 Å². The molecule has 6 heteroatoms. The zero-order valence-corrected chi connectivity index (χ0v) is 10.9. The molecule has 108 valence electrons. The summed E-state index contributed by atoms with van der Waals surface area (Å²) in [5, 5.41) is 0. The van der Waals surface area contributed by atoms with Crippen LogP contribution in [0.15, 0.2) is 0 Å². The van der Waals surface area contributed by atoms with Gasteiger partial charge in [0.1, 0.15) is 0 Å². The van der Waals surface area contributed by atoms with Crippen molar-refractivity contribution in [3.63, 3.8) is 0 Å². The third-order valence-corrected chi connectivity index (χ3v) is 2.23. The quantitative estimate of drug-likeness (QED) is 0.618. The first-order valence-corrected chi connectivity index (χ1v) is 6.46. The highest BCUT2D eigenvalue weighted by atomic mass is 16.6. The van der Waals surface area contributed by atoms with Gasteiger partial charge >= 0.3 is 0 Å². The Morgan fingerprint density at radius 2 is 0.333 bits per heavy atom. The molecular formula is C12H24O6. The van der Waals surface area contributed by atoms with Gasteiger partial charge in [0.15, 0.2) is 0 Å². The second kappa shape index (κ2) is 13.2. The van der Waals surface area contributed by atoms with Crippen molar-refractivity contribution >= 4 is 0 Å². The van der Waals surface area contributed by atoms with Gasteiger partial charge in [-0.3, -0.25) is 0 Å². The van der Waals surface area contributed by atoms with E-state index >= 15 is 0 Å². The monoisotopic (exact) mass is 264 g/mol. The van der Waals surface area contributed by atoms with Crippen molar-refractivity contribution in [2.45, 2.75) is 0 Å². The minimum atomic E-state index is 0.778. The van der Waals surface area contributed by atoms with Gasteiger partial charge < -0.3 is 28.4 Å². The number of ether oxygens (including phenoxy) is 6. The largest absolute Gasteiger partial charge is 0.377 e. The Hall–Kier alpha value is -0.240. The topological polar surface area (TPSA) is 55.4 Å². The lowest BCUT2D eigenvalue weighted by Gasteiger charge is -2.09. The maximum absolute atomic E-state index is 4.94. The molecule has 0 unspecified atom stereocenters. The molecular weight excluding hydrogens is 240 g/mol. The van der Waals surface area contributed by atoms with Crippen LogP contribution in [0.4, 0.5) is 0 Å². The molecule has 3 aliphatic heterocycles. The lowest BCUT2D eigenvalue weighted by Crippen LogP contribution is -2.16. The van der Waals surface area contributed by atoms with Crippen LogP contribution in [-0.4, -0.2) is 79.3 Å². The van der Waals surface area contributed by atoms with Crippen LogP contribution in [0.3, 0.4) is 0 Å². The van der Waals surface area contributed by atoms with E-state index in [2.05, 4.69) is 0 Å². The molecule has 0 N–H and O–H groups in total. The van der Waals surface area contributed by atoms with Gasteiger partial charge in [-0.05, 0) is 0 Å². The zero-order chi connectivity index (χ0) is 12.7. The highest BCUT2D eigenvalue weighted by Gasteiger charge is 1.95. The Labute approximate surface area is 108 Å². The van der Waals surface area contributed by atoms with Crippen molar-refractivity contribution in [3.8, 4) is 0 Å². The van der Waals surface area contributed by atoms with E-state index in [1.807, 2.05) is 0 Å². The first-order chi connectivity index (χ1) is 9.00. The number of hydrogen-bond donors (Lipinski definition) is 0. The van der Waals surface area contributed by atoms with E-state index in [0.717, 1.165) is 79.3 Å². The zero-order valence-electron chi connectivity index (χ0n) is 10.9. The average Bonchev–Trinajstić information content (AvgIpc) is 2.54. The smallest absolute Gasteiger partial charge is 0.0701 e. The Kier molecular flexibility index (Phi) is 11.6. The maximum Gasteiger partial charge on any atom is 0.0701 e. The second-order valence-electron chi connectivity index (χ2n) is 3.67. The molecule has 3 heterocycles. The van der Waals surface area contributed by atoms with Gasteiger partial charge in [0.25, 0.3) is 0 Å². The van der Waals surface area contributed by atoms with Crippen molar-refractivity contribution < 1.29 is 28.4 Å². The molecule has 0 aromatic heterocycles. The molecule has 3 rings (SSSR count). The number of hydrogen-bond acceptors (Lipinski definition) is 6. The summed E-state index contributed by atoms with van der Waals surface area (Å²) < 4.78 is 29.7. The average molecular weight is 264 g/mol. The van der Waals surface area contributed by atoms with Crippen molar-refractivity contribution in [2.24, 2.45) is 0 Å². The summed E-state index contributed by atoms with van der Waals surface area (Å²) in [4.78, 5) is 0. The molecule has 0 aliphatic carbocycles. The first-order valence-electron chi connectivity index (χ1n) is 6.46. The third-order valence-electron chi connectivity index (χ3n) is 2.23. The molecule has 3 fully saturated rings. The normalized spacial score (nSPS) is 24.0. The molecule has 0 bridgehead atoms. The van der Waals surface area contributed by atoms with Crippen molar-refractivity contribution in [3.05, 3.63) is 0 Å². The number of rotatable bonds is 0. The molecule has 0 radical (unpaired) electrons. The van der Waals surface area contributed by atoms with Crippen LogP contribution in [0.2, 0.25) is 0 Å². The molecule has 0 saturated carbocycles. The maximum atomic E-state index is 4.94. The van der Waals surface area contributed by atoms with Crippen LogP contribution in [0.25, 0.3) is 0 Å². The van der Waals surface area contributed by atoms with Gasteiger partial charge in [0.2, 0.25) is 0 Å². The minimum Gasteiger partial charge on any atom is -0.377 e. The summed E-state index contributed by atoms with van der Waals surface area (Å²) in [7, 11) is 0. The molecule has 18 heavy (non-hydrogen) atoms. The molecule has 3 aliphatic rings. The molecule has 3 saturated heterocycles. The van der Waals surface area contributed by atoms with Gasteiger partial charge in [-0.15, -0.1) is 0 Å². The summed E-state index contributed by atoms with van der Waals surface area (Å²) in [6.45, 7) is 9.33. The molecule has 0 amide bonds. The van der Waals surface area contributed by atoms with E-state index in [9.17, 15) is 0 Å². The SMILES string of the molecule is C1COCCO1.C1COCCO1.C1COCCO1. The highest BCUT2D eigenvalue weighted by molar-refractivity contribution is 4.38. The van der Waals surface area contributed by atoms with Crippen molar-refractivity contribution in [1.82, 2.24) is 0 Å². The third kappa shape index (κ3) is 10.9. The van der Waals surface area contributed by atoms with Gasteiger partial charge in [0, 0.05) is 0 Å². The fourth-order valence-corrected chi connectivity index (χ4v) is 1.32. The van der Waals surface area contributed by atoms with Crippen molar-refractivity contribution in [1.29, 1.82) is 0 Å².